The zero-order valence-corrected chi connectivity index (χ0v) is 9.32. The molecule has 1 aromatic carbocycles. The van der Waals surface area contributed by atoms with Crippen molar-refractivity contribution in [3.05, 3.63) is 29.8 Å². The molecule has 0 bridgehead atoms. The maximum Gasteiger partial charge on any atom is 0.134 e. The molecule has 2 N–H and O–H groups in total. The second kappa shape index (κ2) is 3.75. The maximum absolute atomic E-state index is 6.22. The molecular weight excluding hydrogens is 202 g/mol. The molecule has 3 heteroatoms. The third kappa shape index (κ3) is 1.60. The van der Waals surface area contributed by atoms with Crippen LogP contribution in [0.15, 0.2) is 24.3 Å². The van der Waals surface area contributed by atoms with Crippen LogP contribution in [-0.4, -0.2) is 18.8 Å². The first-order valence-electron chi connectivity index (χ1n) is 5.90. The fourth-order valence-electron chi connectivity index (χ4n) is 2.73. The van der Waals surface area contributed by atoms with Crippen molar-refractivity contribution in [2.24, 2.45) is 5.73 Å². The van der Waals surface area contributed by atoms with Crippen LogP contribution in [0, 0.1) is 0 Å². The third-order valence-corrected chi connectivity index (χ3v) is 3.52. The summed E-state index contributed by atoms with van der Waals surface area (Å²) in [4.78, 5) is 0. The molecule has 1 spiro atoms. The minimum absolute atomic E-state index is 0.0756. The standard InChI is InChI=1S/C13H17NO2/c14-11-8-13(6-3-7-15-9-13)16-12-5-2-1-4-10(11)12/h1-2,4-5,11H,3,6-9,14H2/t11-,13?/m1/s1. The van der Waals surface area contributed by atoms with E-state index in [0.29, 0.717) is 6.61 Å². The molecule has 1 fully saturated rings. The molecule has 1 saturated heterocycles. The number of benzene rings is 1. The SMILES string of the molecule is N[C@@H]1CC2(CCCOC2)Oc2ccccc21. The van der Waals surface area contributed by atoms with Crippen LogP contribution in [0.2, 0.25) is 0 Å². The smallest absolute Gasteiger partial charge is 0.134 e. The Morgan fingerprint density at radius 1 is 1.31 bits per heavy atom. The van der Waals surface area contributed by atoms with Crippen LogP contribution in [0.3, 0.4) is 0 Å². The highest BCUT2D eigenvalue weighted by atomic mass is 16.5. The summed E-state index contributed by atoms with van der Waals surface area (Å²) in [5.41, 5.74) is 7.17. The lowest BCUT2D eigenvalue weighted by molar-refractivity contribution is -0.0833. The van der Waals surface area contributed by atoms with Crippen LogP contribution in [-0.2, 0) is 4.74 Å². The minimum atomic E-state index is -0.175. The molecule has 0 amide bonds. The number of fused-ring (bicyclic) bond motifs is 1. The number of para-hydroxylation sites is 1. The predicted molar refractivity (Wildman–Crippen MR) is 61.4 cm³/mol. The van der Waals surface area contributed by atoms with E-state index in [-0.39, 0.29) is 11.6 Å². The van der Waals surface area contributed by atoms with E-state index in [1.165, 1.54) is 0 Å². The van der Waals surface area contributed by atoms with Gasteiger partial charge in [0.25, 0.3) is 0 Å². The summed E-state index contributed by atoms with van der Waals surface area (Å²) in [5, 5.41) is 0. The fourth-order valence-corrected chi connectivity index (χ4v) is 2.73. The fraction of sp³-hybridized carbons (Fsp3) is 0.538. The van der Waals surface area contributed by atoms with Gasteiger partial charge in [-0.2, -0.15) is 0 Å². The number of nitrogens with two attached hydrogens (primary N) is 1. The van der Waals surface area contributed by atoms with E-state index in [1.54, 1.807) is 0 Å². The van der Waals surface area contributed by atoms with E-state index in [2.05, 4.69) is 6.07 Å². The highest BCUT2D eigenvalue weighted by Crippen LogP contribution is 2.41. The van der Waals surface area contributed by atoms with Gasteiger partial charge in [0.05, 0.1) is 6.61 Å². The molecule has 2 aliphatic rings. The van der Waals surface area contributed by atoms with Crippen molar-refractivity contribution in [3.8, 4) is 5.75 Å². The van der Waals surface area contributed by atoms with Gasteiger partial charge in [-0.25, -0.2) is 0 Å². The summed E-state index contributed by atoms with van der Waals surface area (Å²) in [6.07, 6.45) is 2.98. The summed E-state index contributed by atoms with van der Waals surface area (Å²) in [7, 11) is 0. The first kappa shape index (κ1) is 10.1. The topological polar surface area (TPSA) is 44.5 Å². The van der Waals surface area contributed by atoms with E-state index in [0.717, 1.165) is 37.2 Å². The lowest BCUT2D eigenvalue weighted by Crippen LogP contribution is -2.49. The number of hydrogen-bond acceptors (Lipinski definition) is 3. The molecule has 3 rings (SSSR count). The Kier molecular flexibility index (Phi) is 2.37. The monoisotopic (exact) mass is 219 g/mol. The van der Waals surface area contributed by atoms with Gasteiger partial charge < -0.3 is 15.2 Å². The van der Waals surface area contributed by atoms with Crippen LogP contribution in [0.25, 0.3) is 0 Å². The van der Waals surface area contributed by atoms with Crippen LogP contribution in [0.5, 0.6) is 5.75 Å². The van der Waals surface area contributed by atoms with Crippen molar-refractivity contribution in [2.45, 2.75) is 30.9 Å². The van der Waals surface area contributed by atoms with E-state index in [1.807, 2.05) is 18.2 Å². The molecule has 0 radical (unpaired) electrons. The number of rotatable bonds is 0. The van der Waals surface area contributed by atoms with Crippen molar-refractivity contribution in [3.63, 3.8) is 0 Å². The molecule has 3 nitrogen and oxygen atoms in total. The summed E-state index contributed by atoms with van der Waals surface area (Å²) < 4.78 is 11.7. The van der Waals surface area contributed by atoms with Gasteiger partial charge in [0, 0.05) is 24.6 Å². The lowest BCUT2D eigenvalue weighted by Gasteiger charge is -2.43. The average molecular weight is 219 g/mol. The van der Waals surface area contributed by atoms with Gasteiger partial charge in [0.15, 0.2) is 0 Å². The molecule has 1 aromatic rings. The Morgan fingerprint density at radius 3 is 3.00 bits per heavy atom. The van der Waals surface area contributed by atoms with Gasteiger partial charge in [-0.1, -0.05) is 18.2 Å². The van der Waals surface area contributed by atoms with Crippen LogP contribution < -0.4 is 10.5 Å². The van der Waals surface area contributed by atoms with Crippen molar-refractivity contribution >= 4 is 0 Å². The molecule has 86 valence electrons. The number of ether oxygens (including phenoxy) is 2. The predicted octanol–water partition coefficient (Wildman–Crippen LogP) is 2.02. The zero-order chi connectivity index (χ0) is 11.0. The molecule has 16 heavy (non-hydrogen) atoms. The molecule has 2 atom stereocenters. The second-order valence-corrected chi connectivity index (χ2v) is 4.79. The average Bonchev–Trinajstić information content (AvgIpc) is 2.30. The number of hydrogen-bond donors (Lipinski definition) is 1. The normalized spacial score (nSPS) is 33.2. The summed E-state index contributed by atoms with van der Waals surface area (Å²) in [6, 6.07) is 8.14. The quantitative estimate of drug-likeness (QED) is 0.726. The molecule has 0 aliphatic carbocycles. The Labute approximate surface area is 95.5 Å². The Morgan fingerprint density at radius 2 is 2.19 bits per heavy atom. The van der Waals surface area contributed by atoms with Crippen molar-refractivity contribution in [1.29, 1.82) is 0 Å². The molecular formula is C13H17NO2. The van der Waals surface area contributed by atoms with Crippen LogP contribution in [0.1, 0.15) is 30.9 Å². The molecule has 0 aromatic heterocycles. The van der Waals surface area contributed by atoms with Crippen molar-refractivity contribution in [1.82, 2.24) is 0 Å². The van der Waals surface area contributed by atoms with E-state index in [4.69, 9.17) is 15.2 Å². The van der Waals surface area contributed by atoms with Gasteiger partial charge in [-0.05, 0) is 18.9 Å². The van der Waals surface area contributed by atoms with Crippen LogP contribution >= 0.6 is 0 Å². The van der Waals surface area contributed by atoms with Crippen LogP contribution in [0.4, 0.5) is 0 Å². The van der Waals surface area contributed by atoms with Gasteiger partial charge in [0.2, 0.25) is 0 Å². The first-order chi connectivity index (χ1) is 7.79. The Balaban J connectivity index is 1.93. The van der Waals surface area contributed by atoms with Gasteiger partial charge in [-0.15, -0.1) is 0 Å². The summed E-state index contributed by atoms with van der Waals surface area (Å²) in [6.45, 7) is 1.52. The molecule has 2 aliphatic heterocycles. The van der Waals surface area contributed by atoms with Gasteiger partial charge in [0.1, 0.15) is 11.4 Å². The van der Waals surface area contributed by atoms with Gasteiger partial charge in [-0.3, -0.25) is 0 Å². The Bertz CT molecular complexity index is 385. The second-order valence-electron chi connectivity index (χ2n) is 4.79. The van der Waals surface area contributed by atoms with Gasteiger partial charge >= 0.3 is 0 Å². The van der Waals surface area contributed by atoms with Crippen molar-refractivity contribution < 1.29 is 9.47 Å². The lowest BCUT2D eigenvalue weighted by atomic mass is 9.84. The highest BCUT2D eigenvalue weighted by Gasteiger charge is 2.41. The first-order valence-corrected chi connectivity index (χ1v) is 5.90. The highest BCUT2D eigenvalue weighted by molar-refractivity contribution is 5.38. The van der Waals surface area contributed by atoms with E-state index >= 15 is 0 Å². The van der Waals surface area contributed by atoms with E-state index in [9.17, 15) is 0 Å². The van der Waals surface area contributed by atoms with E-state index < -0.39 is 0 Å². The molecule has 0 saturated carbocycles. The van der Waals surface area contributed by atoms with Crippen molar-refractivity contribution in [2.75, 3.05) is 13.2 Å². The minimum Gasteiger partial charge on any atom is -0.484 e. The molecule has 2 heterocycles. The molecule has 1 unspecified atom stereocenters. The third-order valence-electron chi connectivity index (χ3n) is 3.52. The Hall–Kier alpha value is -1.06. The largest absolute Gasteiger partial charge is 0.484 e. The summed E-state index contributed by atoms with van der Waals surface area (Å²) >= 11 is 0. The summed E-state index contributed by atoms with van der Waals surface area (Å²) in [5.74, 6) is 0.937. The zero-order valence-electron chi connectivity index (χ0n) is 9.32. The maximum atomic E-state index is 6.22.